The Labute approximate surface area is 115 Å². The topological polar surface area (TPSA) is 32.7 Å². The van der Waals surface area contributed by atoms with Gasteiger partial charge in [-0.1, -0.05) is 12.1 Å². The van der Waals surface area contributed by atoms with Crippen molar-refractivity contribution in [3.63, 3.8) is 0 Å². The summed E-state index contributed by atoms with van der Waals surface area (Å²) < 4.78 is 5.64. The monoisotopic (exact) mass is 261 g/mol. The lowest BCUT2D eigenvalue weighted by molar-refractivity contribution is 0.0451. The summed E-state index contributed by atoms with van der Waals surface area (Å²) in [5.74, 6) is 0.874. The van der Waals surface area contributed by atoms with E-state index in [4.69, 9.17) is 4.74 Å². The molecule has 2 fully saturated rings. The van der Waals surface area contributed by atoms with Crippen LogP contribution in [0, 0.1) is 0 Å². The summed E-state index contributed by atoms with van der Waals surface area (Å²) in [4.78, 5) is 2.43. The van der Waals surface area contributed by atoms with Crippen LogP contribution in [0.1, 0.15) is 38.7 Å². The van der Waals surface area contributed by atoms with E-state index in [0.717, 1.165) is 36.9 Å². The number of rotatable bonds is 4. The van der Waals surface area contributed by atoms with Crippen molar-refractivity contribution in [2.24, 2.45) is 0 Å². The van der Waals surface area contributed by atoms with Gasteiger partial charge in [0, 0.05) is 19.1 Å². The highest BCUT2D eigenvalue weighted by Gasteiger charge is 2.42. The van der Waals surface area contributed by atoms with E-state index in [1.54, 1.807) is 0 Å². The molecule has 0 aromatic heterocycles. The van der Waals surface area contributed by atoms with Crippen LogP contribution < -0.4 is 4.74 Å². The smallest absolute Gasteiger partial charge is 0.119 e. The lowest BCUT2D eigenvalue weighted by Gasteiger charge is -2.24. The fourth-order valence-electron chi connectivity index (χ4n) is 2.93. The van der Waals surface area contributed by atoms with Gasteiger partial charge in [-0.15, -0.1) is 0 Å². The lowest BCUT2D eigenvalue weighted by Crippen LogP contribution is -2.31. The normalized spacial score (nSPS) is 28.0. The Morgan fingerprint density at radius 2 is 1.95 bits per heavy atom. The van der Waals surface area contributed by atoms with Crippen LogP contribution >= 0.6 is 0 Å². The van der Waals surface area contributed by atoms with E-state index < -0.39 is 5.60 Å². The Balaban J connectivity index is 1.71. The van der Waals surface area contributed by atoms with Gasteiger partial charge in [0.2, 0.25) is 0 Å². The second kappa shape index (κ2) is 4.80. The Morgan fingerprint density at radius 3 is 2.53 bits per heavy atom. The molecule has 1 saturated carbocycles. The standard InChI is InChI=1S/C16H23NO2/c1-12(2)19-15-7-3-13(4-8-15)16(18)9-10-17(11-16)14-5-6-14/h3-4,7-8,12,14,18H,5-6,9-11H2,1-2H3. The van der Waals surface area contributed by atoms with E-state index in [9.17, 15) is 5.11 Å². The maximum absolute atomic E-state index is 10.8. The number of hydrogen-bond acceptors (Lipinski definition) is 3. The highest BCUT2D eigenvalue weighted by atomic mass is 16.5. The fraction of sp³-hybridized carbons (Fsp3) is 0.625. The van der Waals surface area contributed by atoms with Crippen molar-refractivity contribution >= 4 is 0 Å². The number of benzene rings is 1. The molecule has 3 heteroatoms. The number of aliphatic hydroxyl groups is 1. The molecular weight excluding hydrogens is 238 g/mol. The van der Waals surface area contributed by atoms with Crippen molar-refractivity contribution < 1.29 is 9.84 Å². The van der Waals surface area contributed by atoms with Crippen LogP contribution in [-0.2, 0) is 5.60 Å². The van der Waals surface area contributed by atoms with Crippen molar-refractivity contribution in [2.75, 3.05) is 13.1 Å². The first kappa shape index (κ1) is 12.9. The third-order valence-corrected chi connectivity index (χ3v) is 4.10. The molecule has 1 N–H and O–H groups in total. The minimum absolute atomic E-state index is 0.186. The molecule has 104 valence electrons. The molecule has 1 unspecified atom stereocenters. The number of ether oxygens (including phenoxy) is 1. The first-order valence-corrected chi connectivity index (χ1v) is 7.30. The quantitative estimate of drug-likeness (QED) is 0.904. The van der Waals surface area contributed by atoms with E-state index in [1.807, 2.05) is 38.1 Å². The fourth-order valence-corrected chi connectivity index (χ4v) is 2.93. The van der Waals surface area contributed by atoms with Gasteiger partial charge in [0.1, 0.15) is 11.4 Å². The van der Waals surface area contributed by atoms with E-state index in [-0.39, 0.29) is 6.10 Å². The maximum Gasteiger partial charge on any atom is 0.119 e. The summed E-state index contributed by atoms with van der Waals surface area (Å²) in [6.07, 6.45) is 3.63. The largest absolute Gasteiger partial charge is 0.491 e. The van der Waals surface area contributed by atoms with Gasteiger partial charge in [0.25, 0.3) is 0 Å². The van der Waals surface area contributed by atoms with E-state index >= 15 is 0 Å². The van der Waals surface area contributed by atoms with Crippen LogP contribution in [0.5, 0.6) is 5.75 Å². The number of β-amino-alcohol motifs (C(OH)–C–C–N with tert-alkyl or cyclic N) is 1. The molecule has 1 atom stereocenters. The van der Waals surface area contributed by atoms with Crippen molar-refractivity contribution in [1.29, 1.82) is 0 Å². The van der Waals surface area contributed by atoms with Crippen LogP contribution in [0.15, 0.2) is 24.3 Å². The zero-order valence-corrected chi connectivity index (χ0v) is 11.8. The molecule has 0 spiro atoms. The SMILES string of the molecule is CC(C)Oc1ccc(C2(O)CCN(C3CC3)C2)cc1. The highest BCUT2D eigenvalue weighted by molar-refractivity contribution is 5.32. The van der Waals surface area contributed by atoms with Gasteiger partial charge in [-0.05, 0) is 50.8 Å². The van der Waals surface area contributed by atoms with Gasteiger partial charge in [0.05, 0.1) is 6.10 Å². The zero-order valence-electron chi connectivity index (χ0n) is 11.8. The van der Waals surface area contributed by atoms with Gasteiger partial charge in [-0.2, -0.15) is 0 Å². The molecule has 1 aromatic carbocycles. The van der Waals surface area contributed by atoms with E-state index in [0.29, 0.717) is 0 Å². The van der Waals surface area contributed by atoms with E-state index in [2.05, 4.69) is 4.90 Å². The predicted molar refractivity (Wildman–Crippen MR) is 75.3 cm³/mol. The Kier molecular flexibility index (Phi) is 3.27. The number of hydrogen-bond donors (Lipinski definition) is 1. The maximum atomic E-state index is 10.8. The summed E-state index contributed by atoms with van der Waals surface area (Å²) in [5, 5.41) is 10.8. The van der Waals surface area contributed by atoms with Crippen molar-refractivity contribution in [3.05, 3.63) is 29.8 Å². The average molecular weight is 261 g/mol. The average Bonchev–Trinajstić information content (AvgIpc) is 3.13. The molecule has 0 amide bonds. The summed E-state index contributed by atoms with van der Waals surface area (Å²) in [6, 6.07) is 8.68. The molecule has 1 saturated heterocycles. The molecule has 1 aliphatic heterocycles. The molecule has 3 nitrogen and oxygen atoms in total. The van der Waals surface area contributed by atoms with E-state index in [1.165, 1.54) is 12.8 Å². The van der Waals surface area contributed by atoms with Crippen LogP contribution in [0.4, 0.5) is 0 Å². The summed E-state index contributed by atoms with van der Waals surface area (Å²) >= 11 is 0. The first-order valence-electron chi connectivity index (χ1n) is 7.30. The minimum Gasteiger partial charge on any atom is -0.491 e. The van der Waals surface area contributed by atoms with Crippen molar-refractivity contribution in [1.82, 2.24) is 4.90 Å². The third-order valence-electron chi connectivity index (χ3n) is 4.10. The highest BCUT2D eigenvalue weighted by Crippen LogP contribution is 2.38. The molecule has 1 heterocycles. The van der Waals surface area contributed by atoms with Gasteiger partial charge >= 0.3 is 0 Å². The first-order chi connectivity index (χ1) is 9.07. The molecule has 0 radical (unpaired) electrons. The van der Waals surface area contributed by atoms with Gasteiger partial charge < -0.3 is 9.84 Å². The van der Waals surface area contributed by atoms with Crippen LogP contribution in [0.3, 0.4) is 0 Å². The second-order valence-electron chi connectivity index (χ2n) is 6.17. The molecule has 3 rings (SSSR count). The summed E-state index contributed by atoms with van der Waals surface area (Å²) in [5.41, 5.74) is 0.352. The lowest BCUT2D eigenvalue weighted by atomic mass is 9.93. The Hall–Kier alpha value is -1.06. The Bertz CT molecular complexity index is 439. The van der Waals surface area contributed by atoms with Gasteiger partial charge in [-0.25, -0.2) is 0 Å². The van der Waals surface area contributed by atoms with Gasteiger partial charge in [0.15, 0.2) is 0 Å². The minimum atomic E-state index is -0.668. The van der Waals surface area contributed by atoms with Crippen LogP contribution in [-0.4, -0.2) is 35.2 Å². The summed E-state index contributed by atoms with van der Waals surface area (Å²) in [7, 11) is 0. The predicted octanol–water partition coefficient (Wildman–Crippen LogP) is 2.53. The second-order valence-corrected chi connectivity index (χ2v) is 6.17. The molecular formula is C16H23NO2. The van der Waals surface area contributed by atoms with Crippen molar-refractivity contribution in [2.45, 2.75) is 50.9 Å². The Morgan fingerprint density at radius 1 is 1.26 bits per heavy atom. The van der Waals surface area contributed by atoms with Gasteiger partial charge in [-0.3, -0.25) is 4.90 Å². The molecule has 1 aliphatic carbocycles. The van der Waals surface area contributed by atoms with Crippen molar-refractivity contribution in [3.8, 4) is 5.75 Å². The van der Waals surface area contributed by atoms with Crippen LogP contribution in [0.25, 0.3) is 0 Å². The molecule has 1 aromatic rings. The zero-order chi connectivity index (χ0) is 13.5. The van der Waals surface area contributed by atoms with Crippen LogP contribution in [0.2, 0.25) is 0 Å². The molecule has 0 bridgehead atoms. The number of nitrogens with zero attached hydrogens (tertiary/aromatic N) is 1. The molecule has 19 heavy (non-hydrogen) atoms. The molecule has 2 aliphatic rings. The number of likely N-dealkylation sites (tertiary alicyclic amines) is 1. The summed E-state index contributed by atoms with van der Waals surface area (Å²) in [6.45, 7) is 5.84. The third kappa shape index (κ3) is 2.77.